The SMILES string of the molecule is CC(CN(C)C(=O)c1cc2sc(N3CCCC3)nc2s1)C(=O)O. The quantitative estimate of drug-likeness (QED) is 0.895. The fraction of sp³-hybridized carbons (Fsp3) is 0.533. The van der Waals surface area contributed by atoms with Gasteiger partial charge in [-0.2, -0.15) is 0 Å². The number of fused-ring (bicyclic) bond motifs is 1. The number of anilines is 1. The molecule has 0 spiro atoms. The lowest BCUT2D eigenvalue weighted by Gasteiger charge is -2.18. The van der Waals surface area contributed by atoms with Gasteiger partial charge < -0.3 is 14.9 Å². The number of carboxylic acid groups (broad SMARTS) is 1. The Bertz CT molecular complexity index is 702. The van der Waals surface area contributed by atoms with E-state index >= 15 is 0 Å². The summed E-state index contributed by atoms with van der Waals surface area (Å²) in [5.74, 6) is -1.62. The number of aliphatic carboxylic acids is 1. The summed E-state index contributed by atoms with van der Waals surface area (Å²) in [5.41, 5.74) is 0. The normalized spacial score (nSPS) is 16.0. The molecule has 23 heavy (non-hydrogen) atoms. The third kappa shape index (κ3) is 3.32. The van der Waals surface area contributed by atoms with Crippen LogP contribution in [0.4, 0.5) is 5.13 Å². The first-order chi connectivity index (χ1) is 11.0. The summed E-state index contributed by atoms with van der Waals surface area (Å²) >= 11 is 3.01. The smallest absolute Gasteiger partial charge is 0.308 e. The standard InChI is InChI=1S/C15H19N3O3S2/c1-9(14(20)21)8-17(2)13(19)11-7-10-12(22-11)16-15(23-10)18-5-3-4-6-18/h7,9H,3-6,8H2,1-2H3,(H,20,21). The minimum Gasteiger partial charge on any atom is -0.481 e. The van der Waals surface area contributed by atoms with E-state index in [1.165, 1.54) is 29.1 Å². The third-order valence-corrected chi connectivity index (χ3v) is 6.19. The van der Waals surface area contributed by atoms with Crippen molar-refractivity contribution in [1.29, 1.82) is 0 Å². The first-order valence-corrected chi connectivity index (χ1v) is 9.22. The number of rotatable bonds is 5. The first-order valence-electron chi connectivity index (χ1n) is 7.59. The number of thiophene rings is 1. The summed E-state index contributed by atoms with van der Waals surface area (Å²) in [6.45, 7) is 3.92. The second-order valence-electron chi connectivity index (χ2n) is 5.90. The van der Waals surface area contributed by atoms with E-state index in [-0.39, 0.29) is 12.5 Å². The highest BCUT2D eigenvalue weighted by Gasteiger charge is 2.22. The van der Waals surface area contributed by atoms with Crippen molar-refractivity contribution in [1.82, 2.24) is 9.88 Å². The van der Waals surface area contributed by atoms with Gasteiger partial charge in [0.05, 0.1) is 15.5 Å². The van der Waals surface area contributed by atoms with Gasteiger partial charge in [-0.1, -0.05) is 18.3 Å². The molecule has 8 heteroatoms. The monoisotopic (exact) mass is 353 g/mol. The summed E-state index contributed by atoms with van der Waals surface area (Å²) in [4.78, 5) is 33.2. The average Bonchev–Trinajstić information content (AvgIpc) is 3.20. The summed E-state index contributed by atoms with van der Waals surface area (Å²) in [7, 11) is 1.64. The maximum atomic E-state index is 12.4. The van der Waals surface area contributed by atoms with Crippen LogP contribution in [0, 0.1) is 5.92 Å². The molecule has 0 radical (unpaired) electrons. The van der Waals surface area contributed by atoms with Gasteiger partial charge in [0, 0.05) is 26.7 Å². The second kappa shape index (κ2) is 6.45. The molecule has 6 nitrogen and oxygen atoms in total. The minimum atomic E-state index is -0.895. The Morgan fingerprint density at radius 1 is 1.39 bits per heavy atom. The molecule has 1 amide bonds. The molecule has 3 rings (SSSR count). The zero-order valence-corrected chi connectivity index (χ0v) is 14.7. The lowest BCUT2D eigenvalue weighted by atomic mass is 10.2. The van der Waals surface area contributed by atoms with Crippen LogP contribution >= 0.6 is 22.7 Å². The van der Waals surface area contributed by atoms with Gasteiger partial charge in [-0.3, -0.25) is 9.59 Å². The van der Waals surface area contributed by atoms with Crippen molar-refractivity contribution in [3.8, 4) is 0 Å². The molecule has 0 aromatic carbocycles. The third-order valence-electron chi connectivity index (χ3n) is 3.98. The van der Waals surface area contributed by atoms with E-state index in [1.54, 1.807) is 25.3 Å². The number of carbonyl (C=O) groups excluding carboxylic acids is 1. The number of carbonyl (C=O) groups is 2. The predicted octanol–water partition coefficient (Wildman–Crippen LogP) is 2.75. The van der Waals surface area contributed by atoms with Crippen molar-refractivity contribution in [2.24, 2.45) is 5.92 Å². The number of amides is 1. The molecule has 124 valence electrons. The zero-order chi connectivity index (χ0) is 16.6. The number of hydrogen-bond donors (Lipinski definition) is 1. The van der Waals surface area contributed by atoms with Gasteiger partial charge in [-0.25, -0.2) is 4.98 Å². The van der Waals surface area contributed by atoms with Gasteiger partial charge >= 0.3 is 5.97 Å². The van der Waals surface area contributed by atoms with Crippen LogP contribution in [0.5, 0.6) is 0 Å². The molecule has 3 heterocycles. The van der Waals surface area contributed by atoms with E-state index in [9.17, 15) is 9.59 Å². The molecule has 0 aliphatic carbocycles. The Balaban J connectivity index is 1.73. The van der Waals surface area contributed by atoms with Crippen LogP contribution in [0.1, 0.15) is 29.4 Å². The maximum Gasteiger partial charge on any atom is 0.308 e. The fourth-order valence-electron chi connectivity index (χ4n) is 2.63. The van der Waals surface area contributed by atoms with Gasteiger partial charge in [0.25, 0.3) is 5.91 Å². The van der Waals surface area contributed by atoms with Crippen LogP contribution in [0.2, 0.25) is 0 Å². The van der Waals surface area contributed by atoms with E-state index in [0.29, 0.717) is 4.88 Å². The van der Waals surface area contributed by atoms with Gasteiger partial charge in [-0.05, 0) is 18.9 Å². The number of nitrogens with zero attached hydrogens (tertiary/aromatic N) is 3. The lowest BCUT2D eigenvalue weighted by Crippen LogP contribution is -2.33. The summed E-state index contributed by atoms with van der Waals surface area (Å²) in [5, 5.41) is 9.99. The van der Waals surface area contributed by atoms with E-state index in [0.717, 1.165) is 27.8 Å². The number of thiazole rings is 1. The molecular weight excluding hydrogens is 334 g/mol. The molecule has 0 saturated carbocycles. The fourth-order valence-corrected chi connectivity index (χ4v) is 4.89. The maximum absolute atomic E-state index is 12.4. The van der Waals surface area contributed by atoms with E-state index in [1.807, 2.05) is 6.07 Å². The number of aromatic nitrogens is 1. The van der Waals surface area contributed by atoms with Crippen molar-refractivity contribution < 1.29 is 14.7 Å². The van der Waals surface area contributed by atoms with Crippen LogP contribution in [0.15, 0.2) is 6.07 Å². The van der Waals surface area contributed by atoms with Crippen molar-refractivity contribution in [2.45, 2.75) is 19.8 Å². The van der Waals surface area contributed by atoms with E-state index in [2.05, 4.69) is 9.88 Å². The second-order valence-corrected chi connectivity index (χ2v) is 7.94. The van der Waals surface area contributed by atoms with Crippen molar-refractivity contribution >= 4 is 49.2 Å². The Kier molecular flexibility index (Phi) is 4.54. The predicted molar refractivity (Wildman–Crippen MR) is 92.7 cm³/mol. The van der Waals surface area contributed by atoms with Crippen LogP contribution in [0.3, 0.4) is 0 Å². The largest absolute Gasteiger partial charge is 0.481 e. The van der Waals surface area contributed by atoms with Gasteiger partial charge in [0.1, 0.15) is 4.83 Å². The summed E-state index contributed by atoms with van der Waals surface area (Å²) < 4.78 is 1.03. The molecule has 1 aliphatic rings. The molecule has 0 bridgehead atoms. The van der Waals surface area contributed by atoms with Crippen LogP contribution in [0.25, 0.3) is 9.53 Å². The number of carboxylic acids is 1. The highest BCUT2D eigenvalue weighted by molar-refractivity contribution is 7.29. The molecule has 1 atom stereocenters. The molecule has 1 fully saturated rings. The average molecular weight is 353 g/mol. The molecule has 1 unspecified atom stereocenters. The summed E-state index contributed by atoms with van der Waals surface area (Å²) in [6, 6.07) is 1.88. The number of hydrogen-bond acceptors (Lipinski definition) is 6. The van der Waals surface area contributed by atoms with Crippen LogP contribution in [-0.4, -0.2) is 53.5 Å². The highest BCUT2D eigenvalue weighted by Crippen LogP contribution is 2.36. The molecule has 1 saturated heterocycles. The molecule has 2 aromatic rings. The first kappa shape index (κ1) is 16.2. The Hall–Kier alpha value is -1.67. The molecular formula is C15H19N3O3S2. The van der Waals surface area contributed by atoms with Crippen molar-refractivity contribution in [3.63, 3.8) is 0 Å². The van der Waals surface area contributed by atoms with Crippen molar-refractivity contribution in [2.75, 3.05) is 31.6 Å². The Labute approximate surface area is 142 Å². The Morgan fingerprint density at radius 3 is 2.70 bits per heavy atom. The van der Waals surface area contributed by atoms with Crippen LogP contribution < -0.4 is 4.90 Å². The van der Waals surface area contributed by atoms with Crippen LogP contribution in [-0.2, 0) is 4.79 Å². The van der Waals surface area contributed by atoms with Gasteiger partial charge in [0.15, 0.2) is 5.13 Å². The van der Waals surface area contributed by atoms with Gasteiger partial charge in [-0.15, -0.1) is 11.3 Å². The van der Waals surface area contributed by atoms with E-state index in [4.69, 9.17) is 5.11 Å². The van der Waals surface area contributed by atoms with Gasteiger partial charge in [0.2, 0.25) is 0 Å². The zero-order valence-electron chi connectivity index (χ0n) is 13.1. The molecule has 2 aromatic heterocycles. The molecule has 1 aliphatic heterocycles. The van der Waals surface area contributed by atoms with E-state index < -0.39 is 11.9 Å². The minimum absolute atomic E-state index is 0.143. The highest BCUT2D eigenvalue weighted by atomic mass is 32.1. The topological polar surface area (TPSA) is 73.7 Å². The lowest BCUT2D eigenvalue weighted by molar-refractivity contribution is -0.141. The Morgan fingerprint density at radius 2 is 2.09 bits per heavy atom. The summed E-state index contributed by atoms with van der Waals surface area (Å²) in [6.07, 6.45) is 2.42. The van der Waals surface area contributed by atoms with Crippen molar-refractivity contribution in [3.05, 3.63) is 10.9 Å². The molecule has 1 N–H and O–H groups in total.